The highest BCUT2D eigenvalue weighted by molar-refractivity contribution is 7.89. The first-order valence-corrected chi connectivity index (χ1v) is 7.69. The lowest BCUT2D eigenvalue weighted by molar-refractivity contribution is 0.189. The number of nitrogens with zero attached hydrogens (tertiary/aromatic N) is 1. The fourth-order valence-corrected chi connectivity index (χ4v) is 3.05. The van der Waals surface area contributed by atoms with Crippen LogP contribution in [-0.4, -0.2) is 40.0 Å². The number of ether oxygens (including phenoxy) is 1. The lowest BCUT2D eigenvalue weighted by atomic mass is 10.2. The van der Waals surface area contributed by atoms with Gasteiger partial charge in [-0.3, -0.25) is 0 Å². The third-order valence-corrected chi connectivity index (χ3v) is 4.99. The summed E-state index contributed by atoms with van der Waals surface area (Å²) in [6, 6.07) is 4.56. The van der Waals surface area contributed by atoms with Gasteiger partial charge in [-0.25, -0.2) is 12.7 Å². The second kappa shape index (κ2) is 7.21. The van der Waals surface area contributed by atoms with Crippen LogP contribution in [0.25, 0.3) is 0 Å². The van der Waals surface area contributed by atoms with E-state index in [1.54, 1.807) is 20.2 Å². The molecule has 0 fully saturated rings. The molecule has 0 saturated heterocycles. The molecule has 1 aromatic rings. The highest BCUT2D eigenvalue weighted by Gasteiger charge is 2.21. The Morgan fingerprint density at radius 1 is 1.42 bits per heavy atom. The minimum atomic E-state index is -3.51. The zero-order valence-electron chi connectivity index (χ0n) is 11.1. The zero-order chi connectivity index (χ0) is 14.5. The molecule has 0 radical (unpaired) electrons. The molecule has 0 aliphatic heterocycles. The lowest BCUT2D eigenvalue weighted by Gasteiger charge is -2.17. The number of hydrogen-bond acceptors (Lipinski definition) is 4. The van der Waals surface area contributed by atoms with Crippen molar-refractivity contribution in [2.75, 3.05) is 27.3 Å². The summed E-state index contributed by atoms with van der Waals surface area (Å²) < 4.78 is 30.8. The molecular formula is C12H19ClN2O3S. The summed E-state index contributed by atoms with van der Waals surface area (Å²) in [5, 5.41) is 0.475. The van der Waals surface area contributed by atoms with E-state index in [-0.39, 0.29) is 11.4 Å². The van der Waals surface area contributed by atoms with Gasteiger partial charge in [-0.1, -0.05) is 11.6 Å². The molecule has 0 aromatic heterocycles. The Hall–Kier alpha value is -0.660. The van der Waals surface area contributed by atoms with Crippen LogP contribution in [0.15, 0.2) is 23.1 Å². The van der Waals surface area contributed by atoms with Gasteiger partial charge in [0.05, 0.1) is 4.90 Å². The maximum atomic E-state index is 12.3. The van der Waals surface area contributed by atoms with E-state index >= 15 is 0 Å². The molecule has 0 amide bonds. The van der Waals surface area contributed by atoms with Gasteiger partial charge >= 0.3 is 0 Å². The van der Waals surface area contributed by atoms with Gasteiger partial charge < -0.3 is 10.5 Å². The van der Waals surface area contributed by atoms with E-state index in [0.717, 1.165) is 0 Å². The van der Waals surface area contributed by atoms with E-state index in [1.807, 2.05) is 0 Å². The number of rotatable bonds is 7. The average molecular weight is 307 g/mol. The Morgan fingerprint density at radius 3 is 2.68 bits per heavy atom. The van der Waals surface area contributed by atoms with Gasteiger partial charge in [0.1, 0.15) is 0 Å². The van der Waals surface area contributed by atoms with Gasteiger partial charge in [-0.2, -0.15) is 0 Å². The number of sulfonamides is 1. The quantitative estimate of drug-likeness (QED) is 0.774. The van der Waals surface area contributed by atoms with Crippen molar-refractivity contribution >= 4 is 21.6 Å². The van der Waals surface area contributed by atoms with E-state index in [9.17, 15) is 8.42 Å². The number of hydrogen-bond donors (Lipinski definition) is 1. The summed E-state index contributed by atoms with van der Waals surface area (Å²) in [5.74, 6) is 0. The second-order valence-electron chi connectivity index (χ2n) is 4.13. The smallest absolute Gasteiger partial charge is 0.242 e. The summed E-state index contributed by atoms with van der Waals surface area (Å²) in [6.45, 7) is 1.13. The first kappa shape index (κ1) is 16.4. The van der Waals surface area contributed by atoms with Crippen LogP contribution in [0.4, 0.5) is 0 Å². The molecule has 19 heavy (non-hydrogen) atoms. The Labute approximate surface area is 119 Å². The third kappa shape index (κ3) is 4.15. The zero-order valence-corrected chi connectivity index (χ0v) is 12.7. The van der Waals surface area contributed by atoms with Gasteiger partial charge in [0.15, 0.2) is 0 Å². The van der Waals surface area contributed by atoms with Gasteiger partial charge in [-0.05, 0) is 30.2 Å². The Morgan fingerprint density at radius 2 is 2.11 bits per heavy atom. The molecule has 0 spiro atoms. The maximum Gasteiger partial charge on any atom is 0.242 e. The van der Waals surface area contributed by atoms with Crippen LogP contribution >= 0.6 is 11.6 Å². The lowest BCUT2D eigenvalue weighted by Crippen LogP contribution is -2.28. The summed E-state index contributed by atoms with van der Waals surface area (Å²) in [4.78, 5) is 0.206. The van der Waals surface area contributed by atoms with Crippen molar-refractivity contribution in [3.05, 3.63) is 28.8 Å². The monoisotopic (exact) mass is 306 g/mol. The van der Waals surface area contributed by atoms with Crippen molar-refractivity contribution in [3.63, 3.8) is 0 Å². The van der Waals surface area contributed by atoms with Crippen LogP contribution in [0.2, 0.25) is 5.02 Å². The average Bonchev–Trinajstić information content (AvgIpc) is 2.39. The van der Waals surface area contributed by atoms with Gasteiger partial charge in [0.2, 0.25) is 10.0 Å². The Kier molecular flexibility index (Phi) is 6.22. The third-order valence-electron chi connectivity index (χ3n) is 2.77. The van der Waals surface area contributed by atoms with Crippen molar-refractivity contribution in [3.8, 4) is 0 Å². The van der Waals surface area contributed by atoms with Crippen LogP contribution < -0.4 is 5.73 Å². The molecule has 0 saturated carbocycles. The van der Waals surface area contributed by atoms with Crippen LogP contribution in [0, 0.1) is 0 Å². The largest absolute Gasteiger partial charge is 0.385 e. The first-order chi connectivity index (χ1) is 8.93. The molecule has 1 aromatic carbocycles. The highest BCUT2D eigenvalue weighted by atomic mass is 35.5. The van der Waals surface area contributed by atoms with Crippen LogP contribution in [0.3, 0.4) is 0 Å². The predicted octanol–water partition coefficient (Wildman–Crippen LogP) is 1.46. The van der Waals surface area contributed by atoms with Crippen molar-refractivity contribution in [2.45, 2.75) is 17.9 Å². The maximum absolute atomic E-state index is 12.3. The SMILES string of the molecule is COCCCN(C)S(=O)(=O)c1ccc(Cl)c(CN)c1. The highest BCUT2D eigenvalue weighted by Crippen LogP contribution is 2.22. The van der Waals surface area contributed by atoms with Crippen molar-refractivity contribution in [2.24, 2.45) is 5.73 Å². The van der Waals surface area contributed by atoms with E-state index < -0.39 is 10.0 Å². The molecule has 0 aliphatic rings. The van der Waals surface area contributed by atoms with Gasteiger partial charge in [0, 0.05) is 38.9 Å². The van der Waals surface area contributed by atoms with Crippen LogP contribution in [0.1, 0.15) is 12.0 Å². The minimum absolute atomic E-state index is 0.204. The Bertz CT molecular complexity index is 520. The fraction of sp³-hybridized carbons (Fsp3) is 0.500. The number of benzene rings is 1. The van der Waals surface area contributed by atoms with E-state index in [0.29, 0.717) is 30.2 Å². The topological polar surface area (TPSA) is 72.6 Å². The fourth-order valence-electron chi connectivity index (χ4n) is 1.60. The molecule has 7 heteroatoms. The molecule has 1 rings (SSSR count). The number of methoxy groups -OCH3 is 1. The van der Waals surface area contributed by atoms with Crippen molar-refractivity contribution < 1.29 is 13.2 Å². The summed E-state index contributed by atoms with van der Waals surface area (Å²) in [6.07, 6.45) is 0.642. The van der Waals surface area contributed by atoms with E-state index in [2.05, 4.69) is 0 Å². The molecule has 2 N–H and O–H groups in total. The minimum Gasteiger partial charge on any atom is -0.385 e. The molecular weight excluding hydrogens is 288 g/mol. The van der Waals surface area contributed by atoms with Gasteiger partial charge in [0.25, 0.3) is 0 Å². The molecule has 0 bridgehead atoms. The predicted molar refractivity (Wildman–Crippen MR) is 75.7 cm³/mol. The van der Waals surface area contributed by atoms with E-state index in [1.165, 1.54) is 16.4 Å². The second-order valence-corrected chi connectivity index (χ2v) is 6.58. The van der Waals surface area contributed by atoms with E-state index in [4.69, 9.17) is 22.1 Å². The molecule has 5 nitrogen and oxygen atoms in total. The number of halogens is 1. The van der Waals surface area contributed by atoms with Crippen LogP contribution in [-0.2, 0) is 21.3 Å². The molecule has 0 unspecified atom stereocenters. The summed E-state index contributed by atoms with van der Waals surface area (Å²) in [5.41, 5.74) is 6.15. The molecule has 0 heterocycles. The standard InChI is InChI=1S/C12H19ClN2O3S/c1-15(6-3-7-18-2)19(16,17)11-4-5-12(13)10(8-11)9-14/h4-5,8H,3,6-7,9,14H2,1-2H3. The van der Waals surface area contributed by atoms with Crippen molar-refractivity contribution in [1.29, 1.82) is 0 Å². The number of nitrogens with two attached hydrogens (primary N) is 1. The molecule has 0 atom stereocenters. The normalized spacial score (nSPS) is 12.1. The van der Waals surface area contributed by atoms with Gasteiger partial charge in [-0.15, -0.1) is 0 Å². The van der Waals surface area contributed by atoms with Crippen molar-refractivity contribution in [1.82, 2.24) is 4.31 Å². The Balaban J connectivity index is 2.93. The summed E-state index contributed by atoms with van der Waals surface area (Å²) >= 11 is 5.92. The summed E-state index contributed by atoms with van der Waals surface area (Å²) in [7, 11) is -0.377. The molecule has 108 valence electrons. The first-order valence-electron chi connectivity index (χ1n) is 5.87. The molecule has 0 aliphatic carbocycles. The van der Waals surface area contributed by atoms with Crippen LogP contribution in [0.5, 0.6) is 0 Å².